The van der Waals surface area contributed by atoms with Crippen LogP contribution in [0.2, 0.25) is 0 Å². The summed E-state index contributed by atoms with van der Waals surface area (Å²) in [7, 11) is 0. The summed E-state index contributed by atoms with van der Waals surface area (Å²) in [5.41, 5.74) is 1.92. The van der Waals surface area contributed by atoms with E-state index in [2.05, 4.69) is 16.3 Å². The fourth-order valence-electron chi connectivity index (χ4n) is 4.82. The van der Waals surface area contributed by atoms with Gasteiger partial charge in [-0.05, 0) is 43.4 Å². The van der Waals surface area contributed by atoms with Gasteiger partial charge >= 0.3 is 0 Å². The van der Waals surface area contributed by atoms with Crippen LogP contribution in [0.3, 0.4) is 0 Å². The molecule has 1 aliphatic carbocycles. The zero-order valence-corrected chi connectivity index (χ0v) is 15.4. The molecule has 1 N–H and O–H groups in total. The molecular formula is C21H28N2O3. The summed E-state index contributed by atoms with van der Waals surface area (Å²) in [6.45, 7) is 3.18. The van der Waals surface area contributed by atoms with Gasteiger partial charge in [0.2, 0.25) is 11.8 Å². The van der Waals surface area contributed by atoms with Crippen LogP contribution in [0.1, 0.15) is 57.1 Å². The molecule has 140 valence electrons. The minimum Gasteiger partial charge on any atom is -0.370 e. The average Bonchev–Trinajstić information content (AvgIpc) is 3.30. The Kier molecular flexibility index (Phi) is 4.98. The maximum absolute atomic E-state index is 12.7. The average molecular weight is 356 g/mol. The van der Waals surface area contributed by atoms with Crippen LogP contribution >= 0.6 is 0 Å². The first-order valence-corrected chi connectivity index (χ1v) is 9.92. The van der Waals surface area contributed by atoms with Gasteiger partial charge in [0.1, 0.15) is 0 Å². The standard InChI is InChI=1S/C21H28N2O3/c1-14(24)22-18-8-4-7-16(11-18)20-12-17-13-23(10-9-19(17)26-20)21(25)15-5-2-3-6-15/h4,7-8,11,15,17,19-20H,2-3,5-6,9-10,12-13H2,1H3,(H,22,24). The molecule has 0 aromatic heterocycles. The Balaban J connectivity index is 1.40. The van der Waals surface area contributed by atoms with Gasteiger partial charge in [-0.15, -0.1) is 0 Å². The van der Waals surface area contributed by atoms with Crippen molar-refractivity contribution >= 4 is 17.5 Å². The number of hydrogen-bond acceptors (Lipinski definition) is 3. The van der Waals surface area contributed by atoms with Gasteiger partial charge in [0, 0.05) is 37.5 Å². The van der Waals surface area contributed by atoms with Crippen LogP contribution in [0, 0.1) is 11.8 Å². The molecule has 4 rings (SSSR count). The van der Waals surface area contributed by atoms with Gasteiger partial charge in [0.25, 0.3) is 0 Å². The molecule has 1 aromatic rings. The van der Waals surface area contributed by atoms with Crippen LogP contribution in [-0.4, -0.2) is 35.9 Å². The topological polar surface area (TPSA) is 58.6 Å². The van der Waals surface area contributed by atoms with Crippen molar-refractivity contribution in [3.63, 3.8) is 0 Å². The normalized spacial score (nSPS) is 28.8. The number of anilines is 1. The van der Waals surface area contributed by atoms with E-state index < -0.39 is 0 Å². The lowest BCUT2D eigenvalue weighted by Crippen LogP contribution is -2.46. The minimum atomic E-state index is -0.0655. The molecule has 2 heterocycles. The third kappa shape index (κ3) is 3.63. The first-order chi connectivity index (χ1) is 12.6. The smallest absolute Gasteiger partial charge is 0.225 e. The van der Waals surface area contributed by atoms with E-state index in [1.807, 2.05) is 18.2 Å². The molecule has 3 atom stereocenters. The van der Waals surface area contributed by atoms with Crippen molar-refractivity contribution in [3.05, 3.63) is 29.8 Å². The van der Waals surface area contributed by atoms with Crippen LogP contribution in [0.5, 0.6) is 0 Å². The Morgan fingerprint density at radius 3 is 2.77 bits per heavy atom. The highest BCUT2D eigenvalue weighted by atomic mass is 16.5. The molecule has 2 aliphatic heterocycles. The Bertz CT molecular complexity index is 684. The fourth-order valence-corrected chi connectivity index (χ4v) is 4.82. The summed E-state index contributed by atoms with van der Waals surface area (Å²) in [5, 5.41) is 2.84. The van der Waals surface area contributed by atoms with E-state index in [0.717, 1.165) is 50.0 Å². The summed E-state index contributed by atoms with van der Waals surface area (Å²) in [4.78, 5) is 26.1. The van der Waals surface area contributed by atoms with Gasteiger partial charge in [-0.3, -0.25) is 9.59 Å². The SMILES string of the molecule is CC(=O)Nc1cccc(C2CC3CN(C(=O)C4CCCC4)CCC3O2)c1. The zero-order valence-electron chi connectivity index (χ0n) is 15.4. The maximum atomic E-state index is 12.7. The highest BCUT2D eigenvalue weighted by Gasteiger charge is 2.41. The third-order valence-electron chi connectivity index (χ3n) is 6.11. The van der Waals surface area contributed by atoms with Crippen molar-refractivity contribution in [2.45, 2.75) is 57.7 Å². The van der Waals surface area contributed by atoms with Crippen LogP contribution in [0.15, 0.2) is 24.3 Å². The molecule has 5 nitrogen and oxygen atoms in total. The number of benzene rings is 1. The summed E-state index contributed by atoms with van der Waals surface area (Å²) in [6.07, 6.45) is 6.72. The molecule has 0 radical (unpaired) electrons. The van der Waals surface area contributed by atoms with Gasteiger partial charge in [0.05, 0.1) is 12.2 Å². The molecular weight excluding hydrogens is 328 g/mol. The highest BCUT2D eigenvalue weighted by molar-refractivity contribution is 5.88. The quantitative estimate of drug-likeness (QED) is 0.901. The molecule has 1 saturated carbocycles. The van der Waals surface area contributed by atoms with E-state index in [0.29, 0.717) is 11.8 Å². The molecule has 26 heavy (non-hydrogen) atoms. The van der Waals surface area contributed by atoms with E-state index in [1.54, 1.807) is 0 Å². The van der Waals surface area contributed by atoms with Gasteiger partial charge < -0.3 is 15.0 Å². The van der Waals surface area contributed by atoms with Crippen molar-refractivity contribution in [3.8, 4) is 0 Å². The predicted octanol–water partition coefficient (Wildman–Crippen LogP) is 3.51. The van der Waals surface area contributed by atoms with Crippen molar-refractivity contribution in [1.29, 1.82) is 0 Å². The molecule has 5 heteroatoms. The van der Waals surface area contributed by atoms with Crippen molar-refractivity contribution in [2.75, 3.05) is 18.4 Å². The van der Waals surface area contributed by atoms with Crippen molar-refractivity contribution < 1.29 is 14.3 Å². The molecule has 3 aliphatic rings. The number of ether oxygens (including phenoxy) is 1. The lowest BCUT2D eigenvalue weighted by molar-refractivity contribution is -0.138. The number of carbonyl (C=O) groups is 2. The molecule has 2 saturated heterocycles. The summed E-state index contributed by atoms with van der Waals surface area (Å²) in [6, 6.07) is 7.93. The Labute approximate surface area is 155 Å². The molecule has 2 amide bonds. The molecule has 3 unspecified atom stereocenters. The van der Waals surface area contributed by atoms with E-state index in [9.17, 15) is 9.59 Å². The van der Waals surface area contributed by atoms with E-state index in [-0.39, 0.29) is 24.0 Å². The van der Waals surface area contributed by atoms with Gasteiger partial charge in [-0.2, -0.15) is 0 Å². The third-order valence-corrected chi connectivity index (χ3v) is 6.11. The summed E-state index contributed by atoms with van der Waals surface area (Å²) in [5.74, 6) is 0.990. The Hall–Kier alpha value is -1.88. The number of fused-ring (bicyclic) bond motifs is 1. The molecule has 1 aromatic carbocycles. The van der Waals surface area contributed by atoms with Crippen LogP contribution in [0.25, 0.3) is 0 Å². The summed E-state index contributed by atoms with van der Waals surface area (Å²) >= 11 is 0. The van der Waals surface area contributed by atoms with Crippen LogP contribution < -0.4 is 5.32 Å². The second kappa shape index (κ2) is 7.39. The second-order valence-electron chi connectivity index (χ2n) is 8.02. The largest absolute Gasteiger partial charge is 0.370 e. The number of likely N-dealkylation sites (tertiary alicyclic amines) is 1. The number of hydrogen-bond donors (Lipinski definition) is 1. The molecule has 0 bridgehead atoms. The second-order valence-corrected chi connectivity index (χ2v) is 8.02. The van der Waals surface area contributed by atoms with Crippen LogP contribution in [0.4, 0.5) is 5.69 Å². The van der Waals surface area contributed by atoms with E-state index in [4.69, 9.17) is 4.74 Å². The number of rotatable bonds is 3. The Morgan fingerprint density at radius 2 is 2.00 bits per heavy atom. The lowest BCUT2D eigenvalue weighted by atomic mass is 9.90. The number of nitrogens with zero attached hydrogens (tertiary/aromatic N) is 1. The summed E-state index contributed by atoms with van der Waals surface area (Å²) < 4.78 is 6.31. The first kappa shape index (κ1) is 17.5. The maximum Gasteiger partial charge on any atom is 0.225 e. The number of amides is 2. The number of carbonyl (C=O) groups excluding carboxylic acids is 2. The fraction of sp³-hybridized carbons (Fsp3) is 0.619. The predicted molar refractivity (Wildman–Crippen MR) is 99.6 cm³/mol. The zero-order chi connectivity index (χ0) is 18.1. The van der Waals surface area contributed by atoms with Gasteiger partial charge in [0.15, 0.2) is 0 Å². The van der Waals surface area contributed by atoms with E-state index in [1.165, 1.54) is 19.8 Å². The lowest BCUT2D eigenvalue weighted by Gasteiger charge is -2.35. The minimum absolute atomic E-state index is 0.0558. The van der Waals surface area contributed by atoms with Crippen molar-refractivity contribution in [1.82, 2.24) is 4.90 Å². The monoisotopic (exact) mass is 356 g/mol. The van der Waals surface area contributed by atoms with E-state index >= 15 is 0 Å². The number of nitrogens with one attached hydrogen (secondary N) is 1. The number of piperidine rings is 1. The first-order valence-electron chi connectivity index (χ1n) is 9.92. The molecule has 3 fully saturated rings. The van der Waals surface area contributed by atoms with Gasteiger partial charge in [-0.25, -0.2) is 0 Å². The Morgan fingerprint density at radius 1 is 1.19 bits per heavy atom. The highest BCUT2D eigenvalue weighted by Crippen LogP contribution is 2.41. The van der Waals surface area contributed by atoms with Crippen LogP contribution in [-0.2, 0) is 14.3 Å². The van der Waals surface area contributed by atoms with Crippen molar-refractivity contribution in [2.24, 2.45) is 11.8 Å². The molecule has 0 spiro atoms. The van der Waals surface area contributed by atoms with Gasteiger partial charge in [-0.1, -0.05) is 25.0 Å².